The van der Waals surface area contributed by atoms with Gasteiger partial charge < -0.3 is 4.74 Å². The van der Waals surface area contributed by atoms with E-state index in [9.17, 15) is 4.79 Å². The molecule has 1 rings (SSSR count). The van der Waals surface area contributed by atoms with E-state index in [1.54, 1.807) is 7.11 Å². The molecule has 0 aromatic carbocycles. The summed E-state index contributed by atoms with van der Waals surface area (Å²) in [7, 11) is 3.78. The molecular weight excluding hydrogens is 256 g/mol. The van der Waals surface area contributed by atoms with Crippen molar-refractivity contribution < 1.29 is 14.4 Å². The van der Waals surface area contributed by atoms with Crippen LogP contribution in [0.1, 0.15) is 47.5 Å². The molecule has 5 nitrogen and oxygen atoms in total. The molecule has 20 heavy (non-hydrogen) atoms. The van der Waals surface area contributed by atoms with Gasteiger partial charge in [0, 0.05) is 19.2 Å². The average molecular weight is 286 g/mol. The van der Waals surface area contributed by atoms with Crippen molar-refractivity contribution in [1.29, 1.82) is 0 Å². The largest absolute Gasteiger partial charge is 0.379 e. The Morgan fingerprint density at radius 2 is 1.95 bits per heavy atom. The number of likely N-dealkylation sites (tertiary alicyclic amines) is 1. The number of rotatable bonds is 5. The highest BCUT2D eigenvalue weighted by molar-refractivity contribution is 5.78. The van der Waals surface area contributed by atoms with Crippen LogP contribution >= 0.6 is 0 Å². The zero-order valence-electron chi connectivity index (χ0n) is 13.9. The number of hydrogen-bond donors (Lipinski definition) is 1. The minimum Gasteiger partial charge on any atom is -0.379 e. The molecule has 4 unspecified atom stereocenters. The topological polar surface area (TPSA) is 50.8 Å². The van der Waals surface area contributed by atoms with E-state index in [4.69, 9.17) is 9.57 Å². The van der Waals surface area contributed by atoms with Crippen LogP contribution in [0.25, 0.3) is 0 Å². The number of carbonyl (C=O) groups is 1. The van der Waals surface area contributed by atoms with Gasteiger partial charge in [-0.2, -0.15) is 0 Å². The number of ether oxygens (including phenoxy) is 1. The Bertz CT molecular complexity index is 328. The van der Waals surface area contributed by atoms with Crippen molar-refractivity contribution in [2.45, 2.75) is 71.2 Å². The molecule has 1 N–H and O–H groups in total. The second-order valence-corrected chi connectivity index (χ2v) is 6.83. The lowest BCUT2D eigenvalue weighted by molar-refractivity contribution is -0.154. The molecule has 0 bridgehead atoms. The third kappa shape index (κ3) is 4.43. The zero-order valence-corrected chi connectivity index (χ0v) is 13.9. The van der Waals surface area contributed by atoms with E-state index in [1.807, 2.05) is 27.7 Å². The first kappa shape index (κ1) is 17.4. The third-order valence-electron chi connectivity index (χ3n) is 4.11. The van der Waals surface area contributed by atoms with Crippen molar-refractivity contribution in [3.05, 3.63) is 0 Å². The summed E-state index contributed by atoms with van der Waals surface area (Å²) in [5, 5.41) is 0. The molecule has 0 saturated carbocycles. The van der Waals surface area contributed by atoms with Crippen molar-refractivity contribution in [2.75, 3.05) is 14.2 Å². The van der Waals surface area contributed by atoms with Crippen molar-refractivity contribution in [3.8, 4) is 0 Å². The van der Waals surface area contributed by atoms with E-state index in [1.165, 1.54) is 0 Å². The van der Waals surface area contributed by atoms with Crippen LogP contribution < -0.4 is 5.48 Å². The Kier molecular flexibility index (Phi) is 5.98. The molecule has 4 atom stereocenters. The number of hydroxylamine groups is 1. The predicted molar refractivity (Wildman–Crippen MR) is 79.2 cm³/mol. The van der Waals surface area contributed by atoms with Gasteiger partial charge in [-0.15, -0.1) is 0 Å². The van der Waals surface area contributed by atoms with Crippen LogP contribution in [0.2, 0.25) is 0 Å². The maximum Gasteiger partial charge on any atom is 0.249 e. The lowest BCUT2D eigenvalue weighted by Gasteiger charge is -2.33. The van der Waals surface area contributed by atoms with E-state index in [0.29, 0.717) is 6.04 Å². The Labute approximate surface area is 122 Å². The second kappa shape index (κ2) is 6.87. The number of hydrogen-bond acceptors (Lipinski definition) is 4. The Morgan fingerprint density at radius 3 is 2.35 bits per heavy atom. The highest BCUT2D eigenvalue weighted by Crippen LogP contribution is 2.28. The van der Waals surface area contributed by atoms with Crippen molar-refractivity contribution >= 4 is 5.91 Å². The number of amides is 1. The first-order valence-corrected chi connectivity index (χ1v) is 7.40. The van der Waals surface area contributed by atoms with Gasteiger partial charge in [0.15, 0.2) is 0 Å². The summed E-state index contributed by atoms with van der Waals surface area (Å²) in [6.45, 7) is 9.81. The fourth-order valence-electron chi connectivity index (χ4n) is 2.68. The summed E-state index contributed by atoms with van der Waals surface area (Å²) in [5.41, 5.74) is 2.16. The smallest absolute Gasteiger partial charge is 0.249 e. The van der Waals surface area contributed by atoms with Gasteiger partial charge in [-0.25, -0.2) is 5.48 Å². The maximum absolute atomic E-state index is 12.2. The van der Waals surface area contributed by atoms with E-state index in [0.717, 1.165) is 12.8 Å². The fourth-order valence-corrected chi connectivity index (χ4v) is 2.68. The minimum atomic E-state index is -0.392. The molecule has 118 valence electrons. The highest BCUT2D eigenvalue weighted by atomic mass is 16.7. The first-order chi connectivity index (χ1) is 9.17. The number of carbonyl (C=O) groups excluding carboxylic acids is 1. The van der Waals surface area contributed by atoms with Crippen LogP contribution in [0, 0.1) is 5.92 Å². The van der Waals surface area contributed by atoms with Gasteiger partial charge >= 0.3 is 0 Å². The predicted octanol–water partition coefficient (Wildman–Crippen LogP) is 1.97. The lowest BCUT2D eigenvalue weighted by atomic mass is 9.95. The van der Waals surface area contributed by atoms with Gasteiger partial charge in [-0.1, -0.05) is 6.92 Å². The van der Waals surface area contributed by atoms with Gasteiger partial charge in [0.2, 0.25) is 5.91 Å². The number of nitrogens with one attached hydrogen (secondary N) is 1. The van der Waals surface area contributed by atoms with E-state index >= 15 is 0 Å². The molecule has 0 aromatic heterocycles. The molecule has 0 aromatic rings. The molecule has 0 spiro atoms. The molecule has 1 amide bonds. The average Bonchev–Trinajstić information content (AvgIpc) is 2.68. The van der Waals surface area contributed by atoms with Crippen molar-refractivity contribution in [2.24, 2.45) is 5.92 Å². The van der Waals surface area contributed by atoms with Gasteiger partial charge in [-0.05, 0) is 47.6 Å². The van der Waals surface area contributed by atoms with Gasteiger partial charge in [0.25, 0.3) is 0 Å². The molecule has 5 heteroatoms. The Balaban J connectivity index is 2.62. The van der Waals surface area contributed by atoms with E-state index in [2.05, 4.69) is 24.4 Å². The summed E-state index contributed by atoms with van der Waals surface area (Å²) in [5.74, 6) is -0.375. The molecule has 1 saturated heterocycles. The van der Waals surface area contributed by atoms with Crippen LogP contribution in [-0.4, -0.2) is 48.8 Å². The molecule has 1 fully saturated rings. The summed E-state index contributed by atoms with van der Waals surface area (Å²) in [6, 6.07) is 0.823. The molecule has 1 aliphatic rings. The van der Waals surface area contributed by atoms with Gasteiger partial charge in [0.05, 0.1) is 17.6 Å². The molecular formula is C15H30N2O3. The molecule has 0 aliphatic carbocycles. The van der Waals surface area contributed by atoms with E-state index in [-0.39, 0.29) is 24.0 Å². The van der Waals surface area contributed by atoms with Crippen molar-refractivity contribution in [1.82, 2.24) is 10.4 Å². The summed E-state index contributed by atoms with van der Waals surface area (Å²) in [4.78, 5) is 19.9. The van der Waals surface area contributed by atoms with E-state index < -0.39 is 5.60 Å². The quantitative estimate of drug-likeness (QED) is 0.785. The molecule has 1 aliphatic heterocycles. The maximum atomic E-state index is 12.2. The second-order valence-electron chi connectivity index (χ2n) is 6.83. The summed E-state index contributed by atoms with van der Waals surface area (Å²) < 4.78 is 5.61. The van der Waals surface area contributed by atoms with Crippen LogP contribution in [0.4, 0.5) is 0 Å². The number of nitrogens with zero attached hydrogens (tertiary/aromatic N) is 1. The lowest BCUT2D eigenvalue weighted by Crippen LogP contribution is -2.48. The third-order valence-corrected chi connectivity index (χ3v) is 4.11. The van der Waals surface area contributed by atoms with Gasteiger partial charge in [-0.3, -0.25) is 14.5 Å². The highest BCUT2D eigenvalue weighted by Gasteiger charge is 2.38. The standard InChI is InChI=1S/C15H30N2O3/c1-10-8-9-12(17(10)6)13(19-7)11(2)14(18)16-20-15(3,4)5/h10-13H,8-9H2,1-7H3,(H,16,18). The fraction of sp³-hybridized carbons (Fsp3) is 0.933. The SMILES string of the molecule is COC(C(C)C(=O)NOC(C)(C)C)C1CCC(C)N1C. The molecule has 0 radical (unpaired) electrons. The Morgan fingerprint density at radius 1 is 1.35 bits per heavy atom. The molecule has 1 heterocycles. The number of methoxy groups -OCH3 is 1. The van der Waals surface area contributed by atoms with Gasteiger partial charge in [0.1, 0.15) is 0 Å². The normalized spacial score (nSPS) is 27.4. The Hall–Kier alpha value is -0.650. The van der Waals surface area contributed by atoms with Crippen LogP contribution in [-0.2, 0) is 14.4 Å². The minimum absolute atomic E-state index is 0.117. The zero-order chi connectivity index (χ0) is 15.5. The summed E-state index contributed by atoms with van der Waals surface area (Å²) in [6.07, 6.45) is 2.09. The van der Waals surface area contributed by atoms with Crippen LogP contribution in [0.5, 0.6) is 0 Å². The van der Waals surface area contributed by atoms with Crippen LogP contribution in [0.15, 0.2) is 0 Å². The van der Waals surface area contributed by atoms with Crippen molar-refractivity contribution in [3.63, 3.8) is 0 Å². The van der Waals surface area contributed by atoms with Crippen LogP contribution in [0.3, 0.4) is 0 Å². The summed E-state index contributed by atoms with van der Waals surface area (Å²) >= 11 is 0. The first-order valence-electron chi connectivity index (χ1n) is 7.40. The number of likely N-dealkylation sites (N-methyl/N-ethyl adjacent to an activating group) is 1. The monoisotopic (exact) mass is 286 g/mol.